The molecule has 0 aliphatic carbocycles. The molecule has 200 valence electrons. The summed E-state index contributed by atoms with van der Waals surface area (Å²) in [6, 6.07) is 16.1. The Balaban J connectivity index is 1.22. The van der Waals surface area contributed by atoms with Crippen molar-refractivity contribution in [3.8, 4) is 17.6 Å². The summed E-state index contributed by atoms with van der Waals surface area (Å²) in [5, 5.41) is 21.8. The fourth-order valence-electron chi connectivity index (χ4n) is 3.82. The lowest BCUT2D eigenvalue weighted by Crippen LogP contribution is -2.51. The van der Waals surface area contributed by atoms with Crippen LogP contribution in [0.15, 0.2) is 59.1 Å². The van der Waals surface area contributed by atoms with Crippen molar-refractivity contribution >= 4 is 17.5 Å². The van der Waals surface area contributed by atoms with Crippen molar-refractivity contribution in [2.45, 2.75) is 32.6 Å². The largest absolute Gasteiger partial charge is 0.633 e. The highest BCUT2D eigenvalue weighted by atomic mass is 16.6. The minimum Gasteiger partial charge on any atom is -0.633 e. The maximum Gasteiger partial charge on any atom is 0.324 e. The molecule has 0 unspecified atom stereocenters. The van der Waals surface area contributed by atoms with Gasteiger partial charge in [0, 0.05) is 34.7 Å². The molecule has 1 aromatic heterocycles. The first-order valence-electron chi connectivity index (χ1n) is 12.7. The predicted molar refractivity (Wildman–Crippen MR) is 146 cm³/mol. The lowest BCUT2D eigenvalue weighted by Gasteiger charge is -2.45. The molecule has 2 heterocycles. The number of nitrogens with zero attached hydrogens (tertiary/aromatic N) is 2. The number of quaternary nitrogens is 1. The number of hydrogen-bond acceptors (Lipinski definition) is 6. The van der Waals surface area contributed by atoms with Gasteiger partial charge in [-0.25, -0.2) is 4.79 Å². The van der Waals surface area contributed by atoms with Gasteiger partial charge in [0.05, 0.1) is 26.4 Å². The summed E-state index contributed by atoms with van der Waals surface area (Å²) in [6.45, 7) is 9.18. The monoisotopic (exact) mass is 518 g/mol. The molecule has 1 aliphatic rings. The lowest BCUT2D eigenvalue weighted by molar-refractivity contribution is -0.888. The normalized spacial score (nSPS) is 14.7. The summed E-state index contributed by atoms with van der Waals surface area (Å²) in [7, 11) is 0. The standard InChI is InChI=1S/C29H34N4O5/c1-29(2,3)26-21-27(32-38-26)31-28(34)30-24-11-7-22(8-12-24)5-6-23-9-13-25(14-10-23)37-18-4-15-33(35)16-19-36-20-17-33/h7-14,21H,4,15-20H2,1-3H3,(H2,30,31,32,34). The summed E-state index contributed by atoms with van der Waals surface area (Å²) in [6.07, 6.45) is 0.704. The van der Waals surface area contributed by atoms with Gasteiger partial charge >= 0.3 is 6.03 Å². The SMILES string of the molecule is CC(C)(C)c1cc(NC(=O)Nc2ccc(C#Cc3ccc(OCCC[N+]4([O-])CCOCC4)cc3)cc2)no1. The Labute approximate surface area is 223 Å². The van der Waals surface area contributed by atoms with Crippen LogP contribution in [-0.2, 0) is 10.2 Å². The molecule has 0 atom stereocenters. The number of carbonyl (C=O) groups is 1. The molecule has 0 spiro atoms. The smallest absolute Gasteiger partial charge is 0.324 e. The highest BCUT2D eigenvalue weighted by Crippen LogP contribution is 2.24. The molecule has 1 aliphatic heterocycles. The van der Waals surface area contributed by atoms with E-state index in [1.54, 1.807) is 18.2 Å². The molecular weight excluding hydrogens is 484 g/mol. The van der Waals surface area contributed by atoms with Crippen LogP contribution in [0.2, 0.25) is 0 Å². The van der Waals surface area contributed by atoms with E-state index in [0.717, 1.165) is 16.9 Å². The number of carbonyl (C=O) groups excluding carboxylic acids is 1. The summed E-state index contributed by atoms with van der Waals surface area (Å²) in [5.41, 5.74) is 2.12. The van der Waals surface area contributed by atoms with Gasteiger partial charge in [-0.05, 0) is 48.5 Å². The zero-order valence-corrected chi connectivity index (χ0v) is 22.1. The average Bonchev–Trinajstić information content (AvgIpc) is 3.36. The first kappa shape index (κ1) is 27.2. The number of ether oxygens (including phenoxy) is 2. The number of urea groups is 1. The van der Waals surface area contributed by atoms with Gasteiger partial charge in [0.2, 0.25) is 0 Å². The summed E-state index contributed by atoms with van der Waals surface area (Å²) in [4.78, 5) is 12.3. The molecule has 2 N–H and O–H groups in total. The predicted octanol–water partition coefficient (Wildman–Crippen LogP) is 5.13. The van der Waals surface area contributed by atoms with Crippen molar-refractivity contribution < 1.29 is 23.4 Å². The van der Waals surface area contributed by atoms with E-state index in [0.29, 0.717) is 63.1 Å². The highest BCUT2D eigenvalue weighted by Gasteiger charge is 2.21. The molecule has 3 aromatic rings. The zero-order valence-electron chi connectivity index (χ0n) is 22.1. The first-order valence-corrected chi connectivity index (χ1v) is 12.7. The van der Waals surface area contributed by atoms with Crippen LogP contribution < -0.4 is 15.4 Å². The molecule has 4 rings (SSSR count). The molecule has 2 amide bonds. The number of hydroxylamine groups is 3. The van der Waals surface area contributed by atoms with Crippen LogP contribution >= 0.6 is 0 Å². The van der Waals surface area contributed by atoms with Crippen molar-refractivity contribution in [3.05, 3.63) is 76.7 Å². The topological polar surface area (TPSA) is 109 Å². The van der Waals surface area contributed by atoms with E-state index in [-0.39, 0.29) is 10.1 Å². The molecule has 0 saturated carbocycles. The van der Waals surface area contributed by atoms with Crippen LogP contribution in [0.1, 0.15) is 44.1 Å². The van der Waals surface area contributed by atoms with Gasteiger partial charge in [0.15, 0.2) is 5.82 Å². The summed E-state index contributed by atoms with van der Waals surface area (Å²) < 4.78 is 16.1. The quantitative estimate of drug-likeness (QED) is 0.194. The van der Waals surface area contributed by atoms with E-state index >= 15 is 0 Å². The minimum atomic E-state index is -0.407. The maximum atomic E-state index is 12.5. The van der Waals surface area contributed by atoms with Crippen molar-refractivity contribution in [2.75, 3.05) is 50.1 Å². The van der Waals surface area contributed by atoms with Crippen molar-refractivity contribution in [1.29, 1.82) is 0 Å². The second kappa shape index (κ2) is 12.1. The van der Waals surface area contributed by atoms with Crippen molar-refractivity contribution in [2.24, 2.45) is 0 Å². The fourth-order valence-corrected chi connectivity index (χ4v) is 3.82. The lowest BCUT2D eigenvalue weighted by atomic mass is 9.93. The summed E-state index contributed by atoms with van der Waals surface area (Å²) >= 11 is 0. The van der Waals surface area contributed by atoms with Crippen LogP contribution in [0, 0.1) is 17.0 Å². The Morgan fingerprint density at radius 2 is 1.66 bits per heavy atom. The Morgan fingerprint density at radius 3 is 2.26 bits per heavy atom. The summed E-state index contributed by atoms with van der Waals surface area (Å²) in [5.74, 6) is 8.06. The fraction of sp³-hybridized carbons (Fsp3) is 0.379. The van der Waals surface area contributed by atoms with Crippen LogP contribution in [0.3, 0.4) is 0 Å². The van der Waals surface area contributed by atoms with Gasteiger partial charge in [-0.3, -0.25) is 5.32 Å². The van der Waals surface area contributed by atoms with E-state index in [2.05, 4.69) is 27.6 Å². The maximum absolute atomic E-state index is 12.5. The van der Waals surface area contributed by atoms with Gasteiger partial charge in [0.25, 0.3) is 0 Å². The number of hydrogen-bond donors (Lipinski definition) is 2. The van der Waals surface area contributed by atoms with Crippen LogP contribution in [0.4, 0.5) is 16.3 Å². The average molecular weight is 519 g/mol. The Hall–Kier alpha value is -3.84. The zero-order chi connectivity index (χ0) is 27.0. The molecule has 9 nitrogen and oxygen atoms in total. The van der Waals surface area contributed by atoms with Crippen LogP contribution in [-0.4, -0.2) is 55.3 Å². The van der Waals surface area contributed by atoms with E-state index in [1.165, 1.54) is 0 Å². The number of aromatic nitrogens is 1. The van der Waals surface area contributed by atoms with Gasteiger partial charge in [-0.2, -0.15) is 0 Å². The second-order valence-corrected chi connectivity index (χ2v) is 10.3. The van der Waals surface area contributed by atoms with Crippen molar-refractivity contribution in [1.82, 2.24) is 5.16 Å². The third-order valence-corrected chi connectivity index (χ3v) is 6.10. The van der Waals surface area contributed by atoms with Gasteiger partial charge in [0.1, 0.15) is 24.6 Å². The molecule has 1 fully saturated rings. The van der Waals surface area contributed by atoms with Crippen LogP contribution in [0.25, 0.3) is 0 Å². The Bertz CT molecular complexity index is 1260. The molecule has 0 bridgehead atoms. The molecule has 38 heavy (non-hydrogen) atoms. The molecular formula is C29H34N4O5. The van der Waals surface area contributed by atoms with E-state index in [9.17, 15) is 10.0 Å². The molecule has 2 aromatic carbocycles. The molecule has 0 radical (unpaired) electrons. The number of morpholine rings is 1. The third-order valence-electron chi connectivity index (χ3n) is 6.10. The molecule has 1 saturated heterocycles. The number of nitrogens with one attached hydrogen (secondary N) is 2. The molecule has 9 heteroatoms. The van der Waals surface area contributed by atoms with Crippen LogP contribution in [0.5, 0.6) is 5.75 Å². The first-order chi connectivity index (χ1) is 18.2. The van der Waals surface area contributed by atoms with Gasteiger partial charge in [-0.15, -0.1) is 0 Å². The van der Waals surface area contributed by atoms with E-state index in [1.807, 2.05) is 57.2 Å². The van der Waals surface area contributed by atoms with Gasteiger partial charge < -0.3 is 29.2 Å². The number of amides is 2. The third kappa shape index (κ3) is 8.08. The minimum absolute atomic E-state index is 0.191. The van der Waals surface area contributed by atoms with E-state index < -0.39 is 6.03 Å². The Kier molecular flexibility index (Phi) is 8.69. The number of benzene rings is 2. The van der Waals surface area contributed by atoms with Crippen molar-refractivity contribution in [3.63, 3.8) is 0 Å². The highest BCUT2D eigenvalue weighted by molar-refractivity contribution is 5.99. The number of anilines is 2. The van der Waals surface area contributed by atoms with E-state index in [4.69, 9.17) is 14.0 Å². The van der Waals surface area contributed by atoms with Gasteiger partial charge in [-0.1, -0.05) is 37.8 Å². The number of rotatable bonds is 7. The second-order valence-electron chi connectivity index (χ2n) is 10.3. The Morgan fingerprint density at radius 1 is 1.03 bits per heavy atom.